The number of carbonyl (C=O) groups excluding carboxylic acids is 1. The van der Waals surface area contributed by atoms with E-state index in [-0.39, 0.29) is 11.3 Å². The Morgan fingerprint density at radius 2 is 1.93 bits per heavy atom. The normalized spacial score (nSPS) is 22.9. The zero-order valence-corrected chi connectivity index (χ0v) is 15.4. The number of fused-ring (bicyclic) bond motifs is 1. The number of amides is 1. The summed E-state index contributed by atoms with van der Waals surface area (Å²) in [4.78, 5) is 25.1. The van der Waals surface area contributed by atoms with Gasteiger partial charge >= 0.3 is 0 Å². The van der Waals surface area contributed by atoms with E-state index in [9.17, 15) is 4.79 Å². The topological polar surface area (TPSA) is 52.2 Å². The summed E-state index contributed by atoms with van der Waals surface area (Å²) in [5.74, 6) is 0.132. The van der Waals surface area contributed by atoms with Crippen molar-refractivity contribution in [1.29, 1.82) is 0 Å². The van der Waals surface area contributed by atoms with Crippen LogP contribution >= 0.6 is 0 Å². The minimum atomic E-state index is 0.132. The SMILES string of the molecule is O=C(c1c[nH]c2ncccc12)N1CCC2(CCN(Cc3ccccc3)C2)C1. The van der Waals surface area contributed by atoms with E-state index in [4.69, 9.17) is 0 Å². The van der Waals surface area contributed by atoms with Crippen molar-refractivity contribution in [2.24, 2.45) is 5.41 Å². The smallest absolute Gasteiger partial charge is 0.256 e. The molecule has 0 radical (unpaired) electrons. The fraction of sp³-hybridized carbons (Fsp3) is 0.364. The van der Waals surface area contributed by atoms with Gasteiger partial charge in [0.05, 0.1) is 5.56 Å². The predicted octanol–water partition coefficient (Wildman–Crippen LogP) is 3.30. The summed E-state index contributed by atoms with van der Waals surface area (Å²) in [5, 5.41) is 0.917. The molecule has 4 heterocycles. The van der Waals surface area contributed by atoms with Crippen LogP contribution in [0.1, 0.15) is 28.8 Å². The van der Waals surface area contributed by atoms with E-state index in [0.717, 1.165) is 55.7 Å². The highest BCUT2D eigenvalue weighted by Crippen LogP contribution is 2.40. The van der Waals surface area contributed by atoms with Crippen molar-refractivity contribution in [3.05, 3.63) is 66.0 Å². The molecule has 2 aromatic heterocycles. The Kier molecular flexibility index (Phi) is 3.97. The predicted molar refractivity (Wildman–Crippen MR) is 105 cm³/mol. The lowest BCUT2D eigenvalue weighted by atomic mass is 9.86. The number of benzene rings is 1. The molecule has 5 nitrogen and oxygen atoms in total. The van der Waals surface area contributed by atoms with Gasteiger partial charge < -0.3 is 9.88 Å². The average molecular weight is 360 g/mol. The molecule has 1 atom stereocenters. The molecule has 1 aromatic carbocycles. The van der Waals surface area contributed by atoms with Crippen LogP contribution in [0.3, 0.4) is 0 Å². The first-order valence-corrected chi connectivity index (χ1v) is 9.70. The minimum absolute atomic E-state index is 0.132. The lowest BCUT2D eigenvalue weighted by Gasteiger charge is -2.25. The molecular formula is C22H24N4O. The molecule has 27 heavy (non-hydrogen) atoms. The number of pyridine rings is 1. The van der Waals surface area contributed by atoms with Crippen molar-refractivity contribution in [2.45, 2.75) is 19.4 Å². The summed E-state index contributed by atoms with van der Waals surface area (Å²) in [6.07, 6.45) is 5.84. The number of nitrogens with one attached hydrogen (secondary N) is 1. The molecular weight excluding hydrogens is 336 g/mol. The van der Waals surface area contributed by atoms with E-state index < -0.39 is 0 Å². The summed E-state index contributed by atoms with van der Waals surface area (Å²) in [6, 6.07) is 14.5. The number of nitrogens with zero attached hydrogens (tertiary/aromatic N) is 3. The molecule has 1 spiro atoms. The highest BCUT2D eigenvalue weighted by Gasteiger charge is 2.44. The molecule has 2 aliphatic rings. The van der Waals surface area contributed by atoms with Crippen LogP contribution in [0.15, 0.2) is 54.9 Å². The van der Waals surface area contributed by atoms with Crippen molar-refractivity contribution in [3.8, 4) is 0 Å². The molecule has 5 heteroatoms. The van der Waals surface area contributed by atoms with Crippen LogP contribution < -0.4 is 0 Å². The van der Waals surface area contributed by atoms with Gasteiger partial charge in [0.25, 0.3) is 5.91 Å². The molecule has 1 amide bonds. The van der Waals surface area contributed by atoms with Crippen LogP contribution in [0.5, 0.6) is 0 Å². The lowest BCUT2D eigenvalue weighted by Crippen LogP contribution is -2.33. The summed E-state index contributed by atoms with van der Waals surface area (Å²) in [5.41, 5.74) is 3.15. The third-order valence-electron chi connectivity index (χ3n) is 6.17. The van der Waals surface area contributed by atoms with Crippen LogP contribution in [0, 0.1) is 5.41 Å². The van der Waals surface area contributed by atoms with Gasteiger partial charge in [-0.05, 0) is 37.1 Å². The molecule has 138 valence electrons. The summed E-state index contributed by atoms with van der Waals surface area (Å²) >= 11 is 0. The van der Waals surface area contributed by atoms with Crippen LogP contribution in [-0.4, -0.2) is 51.9 Å². The van der Waals surface area contributed by atoms with Crippen molar-refractivity contribution in [3.63, 3.8) is 0 Å². The molecule has 5 rings (SSSR count). The van der Waals surface area contributed by atoms with E-state index >= 15 is 0 Å². The van der Waals surface area contributed by atoms with E-state index in [1.165, 1.54) is 12.0 Å². The summed E-state index contributed by atoms with van der Waals surface area (Å²) in [7, 11) is 0. The molecule has 1 unspecified atom stereocenters. The fourth-order valence-corrected chi connectivity index (χ4v) is 4.75. The van der Waals surface area contributed by atoms with Crippen molar-refractivity contribution < 1.29 is 4.79 Å². The average Bonchev–Trinajstić information content (AvgIpc) is 3.42. The largest absolute Gasteiger partial charge is 0.345 e. The number of carbonyl (C=O) groups is 1. The van der Waals surface area contributed by atoms with E-state index in [1.807, 2.05) is 17.0 Å². The second kappa shape index (κ2) is 6.50. The molecule has 2 fully saturated rings. The Morgan fingerprint density at radius 1 is 1.07 bits per heavy atom. The van der Waals surface area contributed by atoms with Crippen molar-refractivity contribution >= 4 is 16.9 Å². The number of rotatable bonds is 3. The zero-order chi connectivity index (χ0) is 18.3. The lowest BCUT2D eigenvalue weighted by molar-refractivity contribution is 0.0775. The Labute approximate surface area is 159 Å². The van der Waals surface area contributed by atoms with Gasteiger partial charge in [-0.15, -0.1) is 0 Å². The first kappa shape index (κ1) is 16.5. The quantitative estimate of drug-likeness (QED) is 0.780. The number of H-pyrrole nitrogens is 1. The van der Waals surface area contributed by atoms with Gasteiger partial charge in [0.2, 0.25) is 0 Å². The van der Waals surface area contributed by atoms with Gasteiger partial charge in [0.15, 0.2) is 0 Å². The first-order valence-electron chi connectivity index (χ1n) is 9.70. The highest BCUT2D eigenvalue weighted by molar-refractivity contribution is 6.06. The maximum Gasteiger partial charge on any atom is 0.256 e. The third-order valence-corrected chi connectivity index (χ3v) is 6.17. The number of hydrogen-bond donors (Lipinski definition) is 1. The molecule has 2 saturated heterocycles. The number of aromatic nitrogens is 2. The van der Waals surface area contributed by atoms with Crippen LogP contribution in [0.2, 0.25) is 0 Å². The number of aromatic amines is 1. The third kappa shape index (κ3) is 3.02. The highest BCUT2D eigenvalue weighted by atomic mass is 16.2. The summed E-state index contributed by atoms with van der Waals surface area (Å²) < 4.78 is 0. The van der Waals surface area contributed by atoms with Crippen molar-refractivity contribution in [2.75, 3.05) is 26.2 Å². The maximum atomic E-state index is 13.1. The first-order chi connectivity index (χ1) is 13.2. The molecule has 2 aliphatic heterocycles. The Morgan fingerprint density at radius 3 is 2.81 bits per heavy atom. The maximum absolute atomic E-state index is 13.1. The van der Waals surface area contributed by atoms with Gasteiger partial charge in [-0.1, -0.05) is 30.3 Å². The zero-order valence-electron chi connectivity index (χ0n) is 15.4. The molecule has 3 aromatic rings. The minimum Gasteiger partial charge on any atom is -0.345 e. The van der Waals surface area contributed by atoms with Gasteiger partial charge in [-0.25, -0.2) is 4.98 Å². The van der Waals surface area contributed by atoms with Gasteiger partial charge in [-0.2, -0.15) is 0 Å². The van der Waals surface area contributed by atoms with Gasteiger partial charge in [0.1, 0.15) is 5.65 Å². The number of likely N-dealkylation sites (tertiary alicyclic amines) is 2. The fourth-order valence-electron chi connectivity index (χ4n) is 4.75. The van der Waals surface area contributed by atoms with Crippen LogP contribution in [0.25, 0.3) is 11.0 Å². The Hall–Kier alpha value is -2.66. The van der Waals surface area contributed by atoms with Gasteiger partial charge in [-0.3, -0.25) is 9.69 Å². The monoisotopic (exact) mass is 360 g/mol. The second-order valence-corrected chi connectivity index (χ2v) is 8.02. The molecule has 0 saturated carbocycles. The van der Waals surface area contributed by atoms with E-state index in [0.29, 0.717) is 0 Å². The van der Waals surface area contributed by atoms with Crippen LogP contribution in [0.4, 0.5) is 0 Å². The Bertz CT molecular complexity index is 967. The van der Waals surface area contributed by atoms with Crippen molar-refractivity contribution in [1.82, 2.24) is 19.8 Å². The number of hydrogen-bond acceptors (Lipinski definition) is 3. The van der Waals surface area contributed by atoms with Crippen LogP contribution in [-0.2, 0) is 6.54 Å². The van der Waals surface area contributed by atoms with Gasteiger partial charge in [0, 0.05) is 49.4 Å². The standard InChI is InChI=1S/C22H24N4O/c27-21(19-13-24-20-18(19)7-4-10-23-20)26-12-9-22(16-26)8-11-25(15-22)14-17-5-2-1-3-6-17/h1-7,10,13H,8-9,11-12,14-16H2,(H,23,24). The Balaban J connectivity index is 1.28. The molecule has 0 aliphatic carbocycles. The summed E-state index contributed by atoms with van der Waals surface area (Å²) in [6.45, 7) is 4.93. The van der Waals surface area contributed by atoms with E-state index in [2.05, 4.69) is 45.2 Å². The molecule has 1 N–H and O–H groups in total. The second-order valence-electron chi connectivity index (χ2n) is 8.02. The molecule has 0 bridgehead atoms. The van der Waals surface area contributed by atoms with E-state index in [1.54, 1.807) is 12.4 Å².